The van der Waals surface area contributed by atoms with Gasteiger partial charge in [0.1, 0.15) is 17.2 Å². The van der Waals surface area contributed by atoms with E-state index in [-0.39, 0.29) is 24.2 Å². The van der Waals surface area contributed by atoms with Gasteiger partial charge in [-0.05, 0) is 61.4 Å². The van der Waals surface area contributed by atoms with Crippen molar-refractivity contribution in [2.45, 2.75) is 38.5 Å². The molecule has 0 saturated heterocycles. The van der Waals surface area contributed by atoms with Gasteiger partial charge in [-0.2, -0.15) is 0 Å². The van der Waals surface area contributed by atoms with E-state index in [0.29, 0.717) is 17.2 Å². The SMILES string of the molecule is CCN(CC)CCC(c1ccc(N(C)C)cc1)c1c(OC)cc(OC)c2c1OC(=O)CC2c1ccc(N(C)C)cc1. The highest BCUT2D eigenvalue weighted by molar-refractivity contribution is 5.81. The van der Waals surface area contributed by atoms with E-state index >= 15 is 0 Å². The number of hydrogen-bond donors (Lipinski definition) is 0. The average Bonchev–Trinajstić information content (AvgIpc) is 2.98. The summed E-state index contributed by atoms with van der Waals surface area (Å²) in [5.74, 6) is 1.41. The molecule has 0 aromatic heterocycles. The zero-order valence-electron chi connectivity index (χ0n) is 25.9. The molecule has 0 radical (unpaired) electrons. The molecule has 0 bridgehead atoms. The van der Waals surface area contributed by atoms with E-state index in [1.807, 2.05) is 34.3 Å². The Morgan fingerprint density at radius 1 is 0.854 bits per heavy atom. The van der Waals surface area contributed by atoms with Gasteiger partial charge in [0.15, 0.2) is 0 Å². The van der Waals surface area contributed by atoms with Gasteiger partial charge in [-0.1, -0.05) is 38.1 Å². The number of carbonyl (C=O) groups is 1. The molecule has 7 heteroatoms. The first-order valence-electron chi connectivity index (χ1n) is 14.5. The Hall–Kier alpha value is -3.71. The van der Waals surface area contributed by atoms with Gasteiger partial charge in [0.2, 0.25) is 0 Å². The van der Waals surface area contributed by atoms with Crippen molar-refractivity contribution < 1.29 is 19.0 Å². The van der Waals surface area contributed by atoms with Crippen LogP contribution < -0.4 is 24.0 Å². The highest BCUT2D eigenvalue weighted by Gasteiger charge is 2.37. The molecule has 4 rings (SSSR count). The Morgan fingerprint density at radius 3 is 1.93 bits per heavy atom. The highest BCUT2D eigenvalue weighted by Crippen LogP contribution is 2.53. The third-order valence-electron chi connectivity index (χ3n) is 8.26. The van der Waals surface area contributed by atoms with Crippen LogP contribution in [0.5, 0.6) is 17.2 Å². The molecule has 0 saturated carbocycles. The first-order valence-corrected chi connectivity index (χ1v) is 14.5. The number of rotatable bonds is 12. The molecule has 0 amide bonds. The Bertz CT molecular complexity index is 1320. The molecule has 0 N–H and O–H groups in total. The summed E-state index contributed by atoms with van der Waals surface area (Å²) in [6, 6.07) is 19.0. The minimum atomic E-state index is -0.249. The van der Waals surface area contributed by atoms with Crippen molar-refractivity contribution in [1.29, 1.82) is 0 Å². The smallest absolute Gasteiger partial charge is 0.312 e. The fraction of sp³-hybridized carbons (Fsp3) is 0.441. The van der Waals surface area contributed by atoms with E-state index in [1.165, 1.54) is 0 Å². The monoisotopic (exact) mass is 559 g/mol. The van der Waals surface area contributed by atoms with Crippen LogP contribution in [-0.4, -0.2) is 72.9 Å². The van der Waals surface area contributed by atoms with Crippen LogP contribution in [0.2, 0.25) is 0 Å². The Kier molecular flexibility index (Phi) is 9.81. The van der Waals surface area contributed by atoms with E-state index in [9.17, 15) is 4.79 Å². The lowest BCUT2D eigenvalue weighted by atomic mass is 9.80. The molecular weight excluding hydrogens is 514 g/mol. The number of carbonyl (C=O) groups excluding carboxylic acids is 1. The van der Waals surface area contributed by atoms with Gasteiger partial charge >= 0.3 is 5.97 Å². The fourth-order valence-corrected chi connectivity index (χ4v) is 5.80. The maximum atomic E-state index is 13.2. The third kappa shape index (κ3) is 6.46. The number of methoxy groups -OCH3 is 2. The maximum Gasteiger partial charge on any atom is 0.312 e. The summed E-state index contributed by atoms with van der Waals surface area (Å²) in [6.45, 7) is 7.23. The molecular formula is C34H45N3O4. The van der Waals surface area contributed by atoms with Crippen molar-refractivity contribution in [2.24, 2.45) is 0 Å². The molecule has 0 aliphatic carbocycles. The van der Waals surface area contributed by atoms with Crippen molar-refractivity contribution in [3.63, 3.8) is 0 Å². The topological polar surface area (TPSA) is 54.5 Å². The van der Waals surface area contributed by atoms with E-state index in [4.69, 9.17) is 14.2 Å². The van der Waals surface area contributed by atoms with Gasteiger partial charge < -0.3 is 28.9 Å². The largest absolute Gasteiger partial charge is 0.496 e. The number of esters is 1. The zero-order chi connectivity index (χ0) is 29.7. The summed E-state index contributed by atoms with van der Waals surface area (Å²) in [6.07, 6.45) is 1.09. The summed E-state index contributed by atoms with van der Waals surface area (Å²) in [5.41, 5.74) is 6.24. The van der Waals surface area contributed by atoms with Crippen molar-refractivity contribution in [2.75, 3.05) is 71.8 Å². The summed E-state index contributed by atoms with van der Waals surface area (Å²) in [4.78, 5) is 19.8. The summed E-state index contributed by atoms with van der Waals surface area (Å²) in [5, 5.41) is 0. The Morgan fingerprint density at radius 2 is 1.41 bits per heavy atom. The van der Waals surface area contributed by atoms with Gasteiger partial charge in [-0.15, -0.1) is 0 Å². The first-order chi connectivity index (χ1) is 19.7. The van der Waals surface area contributed by atoms with Gasteiger partial charge in [0.05, 0.1) is 20.6 Å². The number of anilines is 2. The standard InChI is InChI=1S/C34H45N3O4/c1-9-37(10-2)20-19-27(23-11-15-25(16-12-23)35(3)4)32-29(39-7)22-30(40-8)33-28(21-31(38)41-34(32)33)24-13-17-26(18-14-24)36(5)6/h11-18,22,27-28H,9-10,19-21H2,1-8H3. The van der Waals surface area contributed by atoms with Crippen LogP contribution in [0.1, 0.15) is 60.8 Å². The predicted octanol–water partition coefficient (Wildman–Crippen LogP) is 6.14. The first kappa shape index (κ1) is 30.3. The molecule has 0 spiro atoms. The van der Waals surface area contributed by atoms with Gasteiger partial charge in [-0.25, -0.2) is 0 Å². The lowest BCUT2D eigenvalue weighted by molar-refractivity contribution is -0.135. The average molecular weight is 560 g/mol. The number of ether oxygens (including phenoxy) is 3. The molecule has 220 valence electrons. The number of benzene rings is 3. The molecule has 1 aliphatic rings. The minimum Gasteiger partial charge on any atom is -0.496 e. The van der Waals surface area contributed by atoms with Gasteiger partial charge in [0.25, 0.3) is 0 Å². The lowest BCUT2D eigenvalue weighted by Gasteiger charge is -2.33. The highest BCUT2D eigenvalue weighted by atomic mass is 16.5. The van der Waals surface area contributed by atoms with Crippen molar-refractivity contribution in [1.82, 2.24) is 4.90 Å². The summed E-state index contributed by atoms with van der Waals surface area (Å²) < 4.78 is 18.1. The zero-order valence-corrected chi connectivity index (χ0v) is 25.9. The molecule has 3 aromatic carbocycles. The molecule has 3 aromatic rings. The normalized spacial score (nSPS) is 15.2. The quantitative estimate of drug-likeness (QED) is 0.195. The Balaban J connectivity index is 1.92. The van der Waals surface area contributed by atoms with E-state index in [0.717, 1.165) is 59.7 Å². The number of hydrogen-bond acceptors (Lipinski definition) is 7. The molecule has 7 nitrogen and oxygen atoms in total. The third-order valence-corrected chi connectivity index (χ3v) is 8.26. The van der Waals surface area contributed by atoms with E-state index < -0.39 is 0 Å². The van der Waals surface area contributed by atoms with Crippen LogP contribution in [0.15, 0.2) is 54.6 Å². The second kappa shape index (κ2) is 13.3. The second-order valence-electron chi connectivity index (χ2n) is 11.0. The van der Waals surface area contributed by atoms with E-state index in [2.05, 4.69) is 77.1 Å². The van der Waals surface area contributed by atoms with Gasteiger partial charge in [-0.3, -0.25) is 4.79 Å². The maximum absolute atomic E-state index is 13.2. The molecule has 2 unspecified atom stereocenters. The molecule has 1 aliphatic heterocycles. The van der Waals surface area contributed by atoms with Crippen molar-refractivity contribution in [3.05, 3.63) is 76.9 Å². The number of fused-ring (bicyclic) bond motifs is 1. The Labute approximate surface area is 245 Å². The predicted molar refractivity (Wildman–Crippen MR) is 167 cm³/mol. The summed E-state index contributed by atoms with van der Waals surface area (Å²) >= 11 is 0. The fourth-order valence-electron chi connectivity index (χ4n) is 5.80. The van der Waals surface area contributed by atoms with Gasteiger partial charge in [0, 0.05) is 68.6 Å². The summed E-state index contributed by atoms with van der Waals surface area (Å²) in [7, 11) is 11.5. The van der Waals surface area contributed by atoms with Crippen LogP contribution in [0.25, 0.3) is 0 Å². The van der Waals surface area contributed by atoms with Crippen LogP contribution in [-0.2, 0) is 4.79 Å². The van der Waals surface area contributed by atoms with Crippen LogP contribution in [0, 0.1) is 0 Å². The molecule has 2 atom stereocenters. The molecule has 0 fully saturated rings. The van der Waals surface area contributed by atoms with Crippen molar-refractivity contribution in [3.8, 4) is 17.2 Å². The lowest BCUT2D eigenvalue weighted by Crippen LogP contribution is -2.27. The van der Waals surface area contributed by atoms with Crippen molar-refractivity contribution >= 4 is 17.3 Å². The number of nitrogens with zero attached hydrogens (tertiary/aromatic N) is 3. The van der Waals surface area contributed by atoms with E-state index in [1.54, 1.807) is 14.2 Å². The molecule has 41 heavy (non-hydrogen) atoms. The second-order valence-corrected chi connectivity index (χ2v) is 11.0. The van der Waals surface area contributed by atoms with Crippen LogP contribution in [0.3, 0.4) is 0 Å². The minimum absolute atomic E-state index is 0.0518. The van der Waals surface area contributed by atoms with Crippen LogP contribution >= 0.6 is 0 Å². The molecule has 1 heterocycles. The van der Waals surface area contributed by atoms with Crippen LogP contribution in [0.4, 0.5) is 11.4 Å².